The van der Waals surface area contributed by atoms with E-state index in [2.05, 4.69) is 0 Å². The average molecular weight is 237 g/mol. The minimum absolute atomic E-state index is 0.302. The van der Waals surface area contributed by atoms with Crippen LogP contribution in [-0.2, 0) is 15.3 Å². The second kappa shape index (κ2) is 4.35. The molecule has 0 saturated carbocycles. The Bertz CT molecular complexity index is 434. The van der Waals surface area contributed by atoms with Crippen molar-refractivity contribution in [3.05, 3.63) is 29.8 Å². The smallest absolute Gasteiger partial charge is 0.287 e. The van der Waals surface area contributed by atoms with Gasteiger partial charge in [0.1, 0.15) is 5.75 Å². The van der Waals surface area contributed by atoms with Gasteiger partial charge in [0.05, 0.1) is 13.7 Å². The van der Waals surface area contributed by atoms with Gasteiger partial charge in [0.25, 0.3) is 11.7 Å². The Morgan fingerprint density at radius 2 is 2.29 bits per heavy atom. The van der Waals surface area contributed by atoms with Crippen molar-refractivity contribution < 1.29 is 19.4 Å². The van der Waals surface area contributed by atoms with Gasteiger partial charge < -0.3 is 19.5 Å². The molecule has 5 heteroatoms. The highest BCUT2D eigenvalue weighted by Gasteiger charge is 2.44. The molecule has 1 amide bonds. The van der Waals surface area contributed by atoms with Crippen LogP contribution in [0.1, 0.15) is 5.56 Å². The van der Waals surface area contributed by atoms with Crippen LogP contribution in [-0.4, -0.2) is 43.2 Å². The average Bonchev–Trinajstić information content (AvgIpc) is 2.36. The first-order chi connectivity index (χ1) is 8.08. The second-order valence-electron chi connectivity index (χ2n) is 3.95. The number of aliphatic hydroxyl groups is 1. The highest BCUT2D eigenvalue weighted by Crippen LogP contribution is 2.29. The molecule has 1 N–H and O–H groups in total. The lowest BCUT2D eigenvalue weighted by Crippen LogP contribution is -2.53. The minimum Gasteiger partial charge on any atom is -0.497 e. The van der Waals surface area contributed by atoms with E-state index in [1.54, 1.807) is 31.3 Å². The summed E-state index contributed by atoms with van der Waals surface area (Å²) in [6.07, 6.45) is 0. The van der Waals surface area contributed by atoms with Crippen LogP contribution in [0.15, 0.2) is 24.3 Å². The Morgan fingerprint density at radius 3 is 3.00 bits per heavy atom. The number of benzene rings is 1. The van der Waals surface area contributed by atoms with Crippen LogP contribution in [0.4, 0.5) is 0 Å². The van der Waals surface area contributed by atoms with Gasteiger partial charge >= 0.3 is 0 Å². The molecule has 1 fully saturated rings. The highest BCUT2D eigenvalue weighted by atomic mass is 16.6. The van der Waals surface area contributed by atoms with Crippen LogP contribution < -0.4 is 4.74 Å². The van der Waals surface area contributed by atoms with E-state index in [9.17, 15) is 9.90 Å². The largest absolute Gasteiger partial charge is 0.497 e. The van der Waals surface area contributed by atoms with E-state index in [0.29, 0.717) is 24.5 Å². The number of hydrogen-bond acceptors (Lipinski definition) is 4. The third kappa shape index (κ3) is 1.99. The Morgan fingerprint density at radius 1 is 1.53 bits per heavy atom. The van der Waals surface area contributed by atoms with E-state index in [1.165, 1.54) is 12.0 Å². The number of ether oxygens (including phenoxy) is 2. The van der Waals surface area contributed by atoms with E-state index >= 15 is 0 Å². The molecule has 0 radical (unpaired) electrons. The number of methoxy groups -OCH3 is 1. The van der Waals surface area contributed by atoms with Crippen molar-refractivity contribution in [2.45, 2.75) is 5.79 Å². The number of likely N-dealkylation sites (N-methyl/N-ethyl adjacent to an activating group) is 1. The van der Waals surface area contributed by atoms with Crippen molar-refractivity contribution in [2.75, 3.05) is 27.3 Å². The molecule has 5 nitrogen and oxygen atoms in total. The van der Waals surface area contributed by atoms with Crippen LogP contribution in [0.3, 0.4) is 0 Å². The Hall–Kier alpha value is -1.59. The Kier molecular flexibility index (Phi) is 3.04. The SMILES string of the molecule is COc1cccc(C2(O)OCCN(C)C2=O)c1. The molecule has 1 unspecified atom stereocenters. The molecule has 92 valence electrons. The first kappa shape index (κ1) is 11.9. The molecule has 1 atom stereocenters. The maximum Gasteiger partial charge on any atom is 0.287 e. The summed E-state index contributed by atoms with van der Waals surface area (Å²) in [4.78, 5) is 13.4. The van der Waals surface area contributed by atoms with Gasteiger partial charge in [-0.25, -0.2) is 0 Å². The topological polar surface area (TPSA) is 59.0 Å². The molecule has 1 aromatic carbocycles. The fourth-order valence-corrected chi connectivity index (χ4v) is 1.79. The lowest BCUT2D eigenvalue weighted by Gasteiger charge is -2.36. The van der Waals surface area contributed by atoms with E-state index in [-0.39, 0.29) is 0 Å². The van der Waals surface area contributed by atoms with Crippen molar-refractivity contribution in [2.24, 2.45) is 0 Å². The van der Waals surface area contributed by atoms with Crippen LogP contribution in [0.5, 0.6) is 5.75 Å². The number of carbonyl (C=O) groups excluding carboxylic acids is 1. The zero-order valence-corrected chi connectivity index (χ0v) is 9.84. The summed E-state index contributed by atoms with van der Waals surface area (Å²) in [5.41, 5.74) is 0.383. The summed E-state index contributed by atoms with van der Waals surface area (Å²) in [5, 5.41) is 10.3. The first-order valence-corrected chi connectivity index (χ1v) is 5.34. The third-order valence-corrected chi connectivity index (χ3v) is 2.84. The van der Waals surface area contributed by atoms with E-state index in [1.807, 2.05) is 0 Å². The number of rotatable bonds is 2. The van der Waals surface area contributed by atoms with Gasteiger partial charge in [-0.2, -0.15) is 0 Å². The quantitative estimate of drug-likeness (QED) is 0.805. The van der Waals surface area contributed by atoms with Crippen molar-refractivity contribution in [1.82, 2.24) is 4.90 Å². The number of hydrogen-bond donors (Lipinski definition) is 1. The molecule has 1 aromatic rings. The molecule has 1 saturated heterocycles. The molecule has 2 rings (SSSR count). The molecule has 17 heavy (non-hydrogen) atoms. The highest BCUT2D eigenvalue weighted by molar-refractivity contribution is 5.85. The summed E-state index contributed by atoms with van der Waals surface area (Å²) in [6.45, 7) is 0.779. The number of amides is 1. The zero-order chi connectivity index (χ0) is 12.5. The Balaban J connectivity index is 2.39. The fraction of sp³-hybridized carbons (Fsp3) is 0.417. The number of carbonyl (C=O) groups is 1. The molecule has 1 heterocycles. The van der Waals surface area contributed by atoms with E-state index < -0.39 is 11.7 Å². The van der Waals surface area contributed by atoms with E-state index in [0.717, 1.165) is 0 Å². The summed E-state index contributed by atoms with van der Waals surface area (Å²) in [7, 11) is 3.16. The van der Waals surface area contributed by atoms with Gasteiger partial charge in [-0.1, -0.05) is 12.1 Å². The zero-order valence-electron chi connectivity index (χ0n) is 9.84. The summed E-state index contributed by atoms with van der Waals surface area (Å²) < 4.78 is 10.3. The molecule has 1 aliphatic heterocycles. The molecule has 0 spiro atoms. The minimum atomic E-state index is -1.90. The van der Waals surface area contributed by atoms with Gasteiger partial charge in [-0.3, -0.25) is 4.79 Å². The number of nitrogens with zero attached hydrogens (tertiary/aromatic N) is 1. The van der Waals surface area contributed by atoms with Gasteiger partial charge in [0, 0.05) is 19.2 Å². The predicted octanol–water partition coefficient (Wildman–Crippen LogP) is 0.329. The van der Waals surface area contributed by atoms with Crippen molar-refractivity contribution in [3.8, 4) is 5.75 Å². The van der Waals surface area contributed by atoms with Gasteiger partial charge in [-0.05, 0) is 12.1 Å². The molecular weight excluding hydrogens is 222 g/mol. The summed E-state index contributed by atoms with van der Waals surface area (Å²) in [5.74, 6) is -1.79. The fourth-order valence-electron chi connectivity index (χ4n) is 1.79. The summed E-state index contributed by atoms with van der Waals surface area (Å²) >= 11 is 0. The van der Waals surface area contributed by atoms with Crippen molar-refractivity contribution >= 4 is 5.91 Å². The van der Waals surface area contributed by atoms with Crippen LogP contribution in [0, 0.1) is 0 Å². The monoisotopic (exact) mass is 237 g/mol. The normalized spacial score (nSPS) is 24.9. The summed E-state index contributed by atoms with van der Waals surface area (Å²) in [6, 6.07) is 6.68. The molecule has 0 bridgehead atoms. The Labute approximate surface area is 99.6 Å². The maximum atomic E-state index is 12.0. The molecule has 0 aromatic heterocycles. The standard InChI is InChI=1S/C12H15NO4/c1-13-6-7-17-12(15,11(13)14)9-4-3-5-10(8-9)16-2/h3-5,8,15H,6-7H2,1-2H3. The van der Waals surface area contributed by atoms with E-state index in [4.69, 9.17) is 9.47 Å². The van der Waals surface area contributed by atoms with Gasteiger partial charge in [0.2, 0.25) is 0 Å². The lowest BCUT2D eigenvalue weighted by atomic mass is 10.0. The predicted molar refractivity (Wildman–Crippen MR) is 60.5 cm³/mol. The molecule has 0 aliphatic carbocycles. The van der Waals surface area contributed by atoms with Gasteiger partial charge in [-0.15, -0.1) is 0 Å². The second-order valence-corrected chi connectivity index (χ2v) is 3.95. The van der Waals surface area contributed by atoms with Crippen LogP contribution in [0.2, 0.25) is 0 Å². The van der Waals surface area contributed by atoms with Crippen molar-refractivity contribution in [1.29, 1.82) is 0 Å². The molecular formula is C12H15NO4. The van der Waals surface area contributed by atoms with Gasteiger partial charge in [0.15, 0.2) is 0 Å². The van der Waals surface area contributed by atoms with Crippen LogP contribution in [0.25, 0.3) is 0 Å². The lowest BCUT2D eigenvalue weighted by molar-refractivity contribution is -0.237. The third-order valence-electron chi connectivity index (χ3n) is 2.84. The van der Waals surface area contributed by atoms with Crippen molar-refractivity contribution in [3.63, 3.8) is 0 Å². The molecule has 1 aliphatic rings. The number of morpholine rings is 1. The van der Waals surface area contributed by atoms with Crippen LogP contribution >= 0.6 is 0 Å². The maximum absolute atomic E-state index is 12.0. The first-order valence-electron chi connectivity index (χ1n) is 5.34.